The second-order valence-corrected chi connectivity index (χ2v) is 2.87. The summed E-state index contributed by atoms with van der Waals surface area (Å²) in [4.78, 5) is 0. The van der Waals surface area contributed by atoms with Crippen molar-refractivity contribution in [3.63, 3.8) is 0 Å². The lowest BCUT2D eigenvalue weighted by Crippen LogP contribution is -2.84. The number of halogens is 10. The van der Waals surface area contributed by atoms with Gasteiger partial charge in [0.2, 0.25) is 0 Å². The van der Waals surface area contributed by atoms with Crippen molar-refractivity contribution < 1.29 is 48.6 Å². The molecule has 0 amide bonds. The normalized spacial score (nSPS) is 27.4. The van der Waals surface area contributed by atoms with Crippen molar-refractivity contribution in [1.82, 2.24) is 0 Å². The third-order valence-electron chi connectivity index (χ3n) is 1.89. The van der Waals surface area contributed by atoms with E-state index in [1.165, 1.54) is 0 Å². The van der Waals surface area contributed by atoms with Crippen LogP contribution >= 0.6 is 0 Å². The van der Waals surface area contributed by atoms with Crippen LogP contribution < -0.4 is 0 Å². The van der Waals surface area contributed by atoms with E-state index in [1.807, 2.05) is 0 Å². The first-order valence-corrected chi connectivity index (χ1v) is 3.30. The molecule has 0 bridgehead atoms. The maximum absolute atomic E-state index is 12.3. The average molecular weight is 266 g/mol. The molecule has 0 aliphatic carbocycles. The first-order chi connectivity index (χ1) is 6.71. The van der Waals surface area contributed by atoms with Gasteiger partial charge in [0.15, 0.2) is 0 Å². The molecular weight excluding hydrogens is 266 g/mol. The molecule has 1 heterocycles. The number of rotatable bonds is 0. The van der Waals surface area contributed by atoms with E-state index in [-0.39, 0.29) is 0 Å². The fourth-order valence-corrected chi connectivity index (χ4v) is 1.11. The largest absolute Gasteiger partial charge is 0.433 e. The molecule has 0 saturated carbocycles. The summed E-state index contributed by atoms with van der Waals surface area (Å²) in [7, 11) is 0. The topological polar surface area (TPSA) is 9.23 Å². The molecule has 0 aromatic rings. The number of ether oxygens (including phenoxy) is 1. The fourth-order valence-electron chi connectivity index (χ4n) is 1.11. The zero-order chi connectivity index (χ0) is 13.2. The molecule has 1 saturated heterocycles. The fraction of sp³-hybridized carbons (Fsp3) is 1.00. The molecule has 1 fully saturated rings. The standard InChI is InChI=1S/C5F10O/c6-2(7)1(3(8,9)10,4(11,12)13)16-5(2,14)15. The summed E-state index contributed by atoms with van der Waals surface area (Å²) < 4.78 is 122. The first kappa shape index (κ1) is 13.3. The number of alkyl halides is 10. The van der Waals surface area contributed by atoms with Gasteiger partial charge in [0.1, 0.15) is 0 Å². The minimum Gasteiger partial charge on any atom is -0.284 e. The van der Waals surface area contributed by atoms with Crippen molar-refractivity contribution in [1.29, 1.82) is 0 Å². The highest BCUT2D eigenvalue weighted by Gasteiger charge is 2.99. The highest BCUT2D eigenvalue weighted by Crippen LogP contribution is 2.67. The van der Waals surface area contributed by atoms with Crippen LogP contribution in [0.3, 0.4) is 0 Å². The van der Waals surface area contributed by atoms with Crippen LogP contribution in [0.15, 0.2) is 0 Å². The van der Waals surface area contributed by atoms with Crippen molar-refractivity contribution in [3.05, 3.63) is 0 Å². The highest BCUT2D eigenvalue weighted by atomic mass is 19.4. The van der Waals surface area contributed by atoms with E-state index in [0.29, 0.717) is 0 Å². The van der Waals surface area contributed by atoms with Gasteiger partial charge in [-0.25, -0.2) is 0 Å². The van der Waals surface area contributed by atoms with Gasteiger partial charge in [-0.15, -0.1) is 0 Å². The SMILES string of the molecule is FC(F)(F)C1(C(F)(F)F)OC(F)(F)C1(F)F. The summed E-state index contributed by atoms with van der Waals surface area (Å²) >= 11 is 0. The van der Waals surface area contributed by atoms with Crippen LogP contribution in [0.25, 0.3) is 0 Å². The summed E-state index contributed by atoms with van der Waals surface area (Å²) in [5.74, 6) is -6.41. The zero-order valence-electron chi connectivity index (χ0n) is 6.69. The highest BCUT2D eigenvalue weighted by molar-refractivity contribution is 5.17. The molecule has 0 aromatic carbocycles. The zero-order valence-corrected chi connectivity index (χ0v) is 6.69. The molecule has 0 unspecified atom stereocenters. The van der Waals surface area contributed by atoms with E-state index in [2.05, 4.69) is 4.74 Å². The van der Waals surface area contributed by atoms with Crippen LogP contribution in [-0.2, 0) is 4.74 Å². The molecule has 0 spiro atoms. The van der Waals surface area contributed by atoms with Crippen LogP contribution in [0.5, 0.6) is 0 Å². The van der Waals surface area contributed by atoms with E-state index in [4.69, 9.17) is 0 Å². The Kier molecular flexibility index (Phi) is 2.28. The summed E-state index contributed by atoms with van der Waals surface area (Å²) in [5.41, 5.74) is -6.16. The van der Waals surface area contributed by atoms with Crippen molar-refractivity contribution in [2.24, 2.45) is 0 Å². The first-order valence-electron chi connectivity index (χ1n) is 3.30. The molecule has 0 atom stereocenters. The van der Waals surface area contributed by atoms with Crippen LogP contribution in [0.1, 0.15) is 0 Å². The number of hydrogen-bond donors (Lipinski definition) is 0. The summed E-state index contributed by atoms with van der Waals surface area (Å²) in [6.07, 6.45) is -19.2. The molecule has 0 N–H and O–H groups in total. The lowest BCUT2D eigenvalue weighted by atomic mass is 9.86. The third-order valence-corrected chi connectivity index (χ3v) is 1.89. The van der Waals surface area contributed by atoms with Gasteiger partial charge in [-0.05, 0) is 0 Å². The summed E-state index contributed by atoms with van der Waals surface area (Å²) in [6.45, 7) is 0. The van der Waals surface area contributed by atoms with Gasteiger partial charge in [-0.2, -0.15) is 43.9 Å². The third kappa shape index (κ3) is 1.17. The lowest BCUT2D eigenvalue weighted by Gasteiger charge is -2.52. The van der Waals surface area contributed by atoms with Crippen molar-refractivity contribution in [2.45, 2.75) is 30.0 Å². The minimum absolute atomic E-state index is 2.12. The Morgan fingerprint density at radius 2 is 1.00 bits per heavy atom. The maximum atomic E-state index is 12.3. The molecule has 11 heteroatoms. The monoisotopic (exact) mass is 266 g/mol. The molecule has 1 aliphatic rings. The molecule has 1 rings (SSSR count). The summed E-state index contributed by atoms with van der Waals surface area (Å²) in [6, 6.07) is 0. The van der Waals surface area contributed by atoms with E-state index < -0.39 is 30.0 Å². The van der Waals surface area contributed by atoms with Gasteiger partial charge in [0.05, 0.1) is 0 Å². The van der Waals surface area contributed by atoms with E-state index in [1.54, 1.807) is 0 Å². The predicted molar refractivity (Wildman–Crippen MR) is 25.8 cm³/mol. The van der Waals surface area contributed by atoms with Crippen molar-refractivity contribution in [2.75, 3.05) is 0 Å². The van der Waals surface area contributed by atoms with Crippen LogP contribution in [0.4, 0.5) is 43.9 Å². The molecule has 1 aliphatic heterocycles. The molecule has 0 aromatic heterocycles. The number of hydrogen-bond acceptors (Lipinski definition) is 1. The van der Waals surface area contributed by atoms with Gasteiger partial charge in [0, 0.05) is 0 Å². The van der Waals surface area contributed by atoms with Gasteiger partial charge in [0.25, 0.3) is 0 Å². The quantitative estimate of drug-likeness (QED) is 0.612. The Labute approximate surface area is 80.0 Å². The van der Waals surface area contributed by atoms with Gasteiger partial charge in [-0.1, -0.05) is 0 Å². The Hall–Kier alpha value is -0.740. The smallest absolute Gasteiger partial charge is 0.284 e. The molecule has 0 radical (unpaired) electrons. The maximum Gasteiger partial charge on any atom is 0.433 e. The Bertz CT molecular complexity index is 283. The van der Waals surface area contributed by atoms with Crippen LogP contribution in [0.2, 0.25) is 0 Å². The molecular formula is C5F10O. The minimum atomic E-state index is -6.71. The molecule has 16 heavy (non-hydrogen) atoms. The predicted octanol–water partition coefficient (Wildman–Crippen LogP) is 3.11. The lowest BCUT2D eigenvalue weighted by molar-refractivity contribution is -0.599. The summed E-state index contributed by atoms with van der Waals surface area (Å²) in [5, 5.41) is 0. The molecule has 96 valence electrons. The van der Waals surface area contributed by atoms with E-state index in [9.17, 15) is 43.9 Å². The Balaban J connectivity index is 3.35. The second-order valence-electron chi connectivity index (χ2n) is 2.87. The Morgan fingerprint density at radius 1 is 0.688 bits per heavy atom. The van der Waals surface area contributed by atoms with Crippen molar-refractivity contribution in [3.8, 4) is 0 Å². The molecule has 1 nitrogen and oxygen atoms in total. The Morgan fingerprint density at radius 3 is 1.06 bits per heavy atom. The van der Waals surface area contributed by atoms with Crippen LogP contribution in [0, 0.1) is 0 Å². The van der Waals surface area contributed by atoms with Gasteiger partial charge in [-0.3, -0.25) is 4.74 Å². The van der Waals surface area contributed by atoms with E-state index in [0.717, 1.165) is 0 Å². The van der Waals surface area contributed by atoms with Gasteiger partial charge >= 0.3 is 30.0 Å². The van der Waals surface area contributed by atoms with Crippen molar-refractivity contribution >= 4 is 0 Å². The second kappa shape index (κ2) is 2.74. The van der Waals surface area contributed by atoms with E-state index >= 15 is 0 Å². The van der Waals surface area contributed by atoms with Gasteiger partial charge < -0.3 is 0 Å². The van der Waals surface area contributed by atoms with Crippen LogP contribution in [-0.4, -0.2) is 30.0 Å². The average Bonchev–Trinajstić information content (AvgIpc) is 1.94.